The molecule has 0 saturated carbocycles. The van der Waals surface area contributed by atoms with Crippen molar-refractivity contribution in [1.29, 1.82) is 0 Å². The van der Waals surface area contributed by atoms with E-state index < -0.39 is 0 Å². The maximum atomic E-state index is 13.0. The molecule has 0 aliphatic carbocycles. The predicted molar refractivity (Wildman–Crippen MR) is 133 cm³/mol. The molecule has 0 amide bonds. The van der Waals surface area contributed by atoms with E-state index >= 15 is 0 Å². The monoisotopic (exact) mass is 448 g/mol. The van der Waals surface area contributed by atoms with Gasteiger partial charge >= 0.3 is 0 Å². The molecule has 0 fully saturated rings. The summed E-state index contributed by atoms with van der Waals surface area (Å²) in [4.78, 5) is 13.0. The van der Waals surface area contributed by atoms with Crippen LogP contribution in [0.3, 0.4) is 0 Å². The highest BCUT2D eigenvalue weighted by atomic mass is 16.5. The van der Waals surface area contributed by atoms with Gasteiger partial charge < -0.3 is 14.2 Å². The van der Waals surface area contributed by atoms with Gasteiger partial charge in [-0.15, -0.1) is 0 Å². The molecule has 4 nitrogen and oxygen atoms in total. The molecule has 4 heteroatoms. The van der Waals surface area contributed by atoms with Gasteiger partial charge in [0.05, 0.1) is 12.7 Å². The Morgan fingerprint density at radius 1 is 0.853 bits per heavy atom. The van der Waals surface area contributed by atoms with Gasteiger partial charge in [-0.1, -0.05) is 72.8 Å². The molecule has 1 heterocycles. The minimum Gasteiger partial charge on any atom is -0.496 e. The van der Waals surface area contributed by atoms with Crippen LogP contribution in [0.1, 0.15) is 27.0 Å². The fourth-order valence-corrected chi connectivity index (χ4v) is 4.10. The van der Waals surface area contributed by atoms with Crippen molar-refractivity contribution in [3.63, 3.8) is 0 Å². The molecular weight excluding hydrogens is 424 g/mol. The van der Waals surface area contributed by atoms with Gasteiger partial charge in [-0.3, -0.25) is 4.79 Å². The predicted octanol–water partition coefficient (Wildman–Crippen LogP) is 6.87. The SMILES string of the molecule is COc1ccccc1COc1cc(C)c2c(c1)O/C(=C\c1ccc(-c3ccccc3)cc1)C2=O. The summed E-state index contributed by atoms with van der Waals surface area (Å²) in [7, 11) is 1.64. The normalized spacial score (nSPS) is 13.5. The van der Waals surface area contributed by atoms with E-state index in [9.17, 15) is 4.79 Å². The Morgan fingerprint density at radius 3 is 2.32 bits per heavy atom. The second-order valence-corrected chi connectivity index (χ2v) is 8.14. The number of Topliss-reactive ketones (excluding diaryl/α,β-unsaturated/α-hetero) is 1. The molecule has 0 N–H and O–H groups in total. The lowest BCUT2D eigenvalue weighted by Crippen LogP contribution is -2.00. The van der Waals surface area contributed by atoms with Crippen LogP contribution in [0.15, 0.2) is 96.8 Å². The lowest BCUT2D eigenvalue weighted by atomic mass is 10.0. The average molecular weight is 449 g/mol. The zero-order valence-electron chi connectivity index (χ0n) is 19.1. The number of fused-ring (bicyclic) bond motifs is 1. The molecule has 0 bridgehead atoms. The molecule has 4 aromatic rings. The van der Waals surface area contributed by atoms with Crippen LogP contribution in [0.4, 0.5) is 0 Å². The molecule has 0 unspecified atom stereocenters. The molecule has 1 aliphatic rings. The number of methoxy groups -OCH3 is 1. The molecule has 4 aromatic carbocycles. The maximum absolute atomic E-state index is 13.0. The van der Waals surface area contributed by atoms with Crippen molar-refractivity contribution in [1.82, 2.24) is 0 Å². The highest BCUT2D eigenvalue weighted by Gasteiger charge is 2.30. The fourth-order valence-electron chi connectivity index (χ4n) is 4.10. The third-order valence-electron chi connectivity index (χ3n) is 5.85. The third-order valence-corrected chi connectivity index (χ3v) is 5.85. The van der Waals surface area contributed by atoms with Crippen LogP contribution >= 0.6 is 0 Å². The number of rotatable bonds is 6. The highest BCUT2D eigenvalue weighted by Crippen LogP contribution is 2.38. The number of benzene rings is 4. The number of hydrogen-bond donors (Lipinski definition) is 0. The van der Waals surface area contributed by atoms with Crippen LogP contribution < -0.4 is 14.2 Å². The smallest absolute Gasteiger partial charge is 0.232 e. The van der Waals surface area contributed by atoms with E-state index in [1.807, 2.05) is 79.7 Å². The van der Waals surface area contributed by atoms with Crippen LogP contribution in [0.25, 0.3) is 17.2 Å². The van der Waals surface area contributed by atoms with Crippen molar-refractivity contribution in [3.8, 4) is 28.4 Å². The summed E-state index contributed by atoms with van der Waals surface area (Å²) in [6, 6.07) is 29.6. The van der Waals surface area contributed by atoms with Gasteiger partial charge in [-0.2, -0.15) is 0 Å². The summed E-state index contributed by atoms with van der Waals surface area (Å²) in [5.74, 6) is 2.13. The van der Waals surface area contributed by atoms with Crippen LogP contribution in [-0.2, 0) is 6.61 Å². The number of ketones is 1. The number of hydrogen-bond acceptors (Lipinski definition) is 4. The van der Waals surface area contributed by atoms with Gasteiger partial charge in [0.15, 0.2) is 5.76 Å². The molecule has 0 spiro atoms. The van der Waals surface area contributed by atoms with E-state index in [0.717, 1.165) is 33.6 Å². The molecule has 0 saturated heterocycles. The largest absolute Gasteiger partial charge is 0.496 e. The second kappa shape index (κ2) is 9.28. The fraction of sp³-hybridized carbons (Fsp3) is 0.100. The van der Waals surface area contributed by atoms with Crippen LogP contribution in [0.5, 0.6) is 17.2 Å². The summed E-state index contributed by atoms with van der Waals surface area (Å²) < 4.78 is 17.3. The van der Waals surface area contributed by atoms with Crippen LogP contribution in [-0.4, -0.2) is 12.9 Å². The van der Waals surface area contributed by atoms with Gasteiger partial charge in [-0.25, -0.2) is 0 Å². The Balaban J connectivity index is 1.35. The summed E-state index contributed by atoms with van der Waals surface area (Å²) in [5, 5.41) is 0. The molecule has 0 atom stereocenters. The van der Waals surface area contributed by atoms with Crippen LogP contribution in [0, 0.1) is 6.92 Å². The lowest BCUT2D eigenvalue weighted by Gasteiger charge is -2.11. The standard InChI is InChI=1S/C30H24O4/c1-20-16-25(33-19-24-10-6-7-11-26(24)32-2)18-27-29(20)30(31)28(34-27)17-21-12-14-23(15-13-21)22-8-4-3-5-9-22/h3-18H,19H2,1-2H3/b28-17-. The Labute approximate surface area is 199 Å². The maximum Gasteiger partial charge on any atom is 0.232 e. The van der Waals surface area contributed by atoms with E-state index in [0.29, 0.717) is 29.4 Å². The Hall–Kier alpha value is -4.31. The van der Waals surface area contributed by atoms with Crippen molar-refractivity contribution < 1.29 is 19.0 Å². The first kappa shape index (κ1) is 21.5. The Morgan fingerprint density at radius 2 is 1.56 bits per heavy atom. The van der Waals surface area contributed by atoms with E-state index in [1.54, 1.807) is 19.3 Å². The number of para-hydroxylation sites is 1. The molecule has 0 radical (unpaired) electrons. The number of allylic oxidation sites excluding steroid dienone is 1. The zero-order chi connectivity index (χ0) is 23.5. The quantitative estimate of drug-likeness (QED) is 0.302. The van der Waals surface area contributed by atoms with Crippen molar-refractivity contribution in [2.45, 2.75) is 13.5 Å². The van der Waals surface area contributed by atoms with Gasteiger partial charge in [-0.05, 0) is 47.4 Å². The summed E-state index contributed by atoms with van der Waals surface area (Å²) in [6.45, 7) is 2.25. The number of carbonyl (C=O) groups is 1. The topological polar surface area (TPSA) is 44.8 Å². The van der Waals surface area contributed by atoms with Gasteiger partial charge in [0.2, 0.25) is 5.78 Å². The van der Waals surface area contributed by atoms with Crippen LogP contribution in [0.2, 0.25) is 0 Å². The molecule has 1 aliphatic heterocycles. The summed E-state index contributed by atoms with van der Waals surface area (Å²) in [5.41, 5.74) is 5.52. The Bertz CT molecular complexity index is 1370. The minimum absolute atomic E-state index is 0.115. The lowest BCUT2D eigenvalue weighted by molar-refractivity contribution is 0.101. The second-order valence-electron chi connectivity index (χ2n) is 8.14. The molecule has 0 aromatic heterocycles. The highest BCUT2D eigenvalue weighted by molar-refractivity contribution is 6.15. The number of aryl methyl sites for hydroxylation is 1. The molecule has 5 rings (SSSR count). The van der Waals surface area contributed by atoms with Crippen molar-refractivity contribution in [2.24, 2.45) is 0 Å². The minimum atomic E-state index is -0.115. The number of ether oxygens (including phenoxy) is 3. The summed E-state index contributed by atoms with van der Waals surface area (Å²) in [6.07, 6.45) is 1.78. The van der Waals surface area contributed by atoms with Crippen molar-refractivity contribution in [3.05, 3.63) is 119 Å². The number of carbonyl (C=O) groups excluding carboxylic acids is 1. The first-order chi connectivity index (χ1) is 16.6. The Kier molecular flexibility index (Phi) is 5.88. The molecule has 34 heavy (non-hydrogen) atoms. The van der Waals surface area contributed by atoms with Crippen molar-refractivity contribution in [2.75, 3.05) is 7.11 Å². The average Bonchev–Trinajstić information content (AvgIpc) is 3.19. The van der Waals surface area contributed by atoms with E-state index in [4.69, 9.17) is 14.2 Å². The molecule has 168 valence electrons. The third kappa shape index (κ3) is 4.30. The first-order valence-corrected chi connectivity index (χ1v) is 11.1. The van der Waals surface area contributed by atoms with Gasteiger partial charge in [0.1, 0.15) is 23.9 Å². The first-order valence-electron chi connectivity index (χ1n) is 11.1. The van der Waals surface area contributed by atoms with Gasteiger partial charge in [0.25, 0.3) is 0 Å². The van der Waals surface area contributed by atoms with Crippen molar-refractivity contribution >= 4 is 11.9 Å². The van der Waals surface area contributed by atoms with Gasteiger partial charge in [0, 0.05) is 11.6 Å². The van der Waals surface area contributed by atoms with E-state index in [-0.39, 0.29) is 5.78 Å². The summed E-state index contributed by atoms with van der Waals surface area (Å²) >= 11 is 0. The van der Waals surface area contributed by atoms with E-state index in [2.05, 4.69) is 12.1 Å². The molecular formula is C30H24O4. The van der Waals surface area contributed by atoms with E-state index in [1.165, 1.54) is 0 Å². The zero-order valence-corrected chi connectivity index (χ0v) is 19.1.